The number of nitrogens with one attached hydrogen (secondary N) is 1. The standard InChI is InChI=1S/C19H21NO5/c1-4-24-15-11-18(3)14(12(2)21)10-19(15,17(23)25-18)20-16(22)13-8-6-5-7-9-13/h5-10,15H,4,11H2,1-3H3,(H,20,22)/t15-,18-,19+/m0/s1. The zero-order chi connectivity index (χ0) is 18.2. The Morgan fingerprint density at radius 1 is 1.32 bits per heavy atom. The lowest BCUT2D eigenvalue weighted by Crippen LogP contribution is -2.72. The van der Waals surface area contributed by atoms with Gasteiger partial charge in [0, 0.05) is 24.2 Å². The van der Waals surface area contributed by atoms with Gasteiger partial charge in [-0.05, 0) is 39.0 Å². The molecule has 0 unspecified atom stereocenters. The maximum Gasteiger partial charge on any atom is 0.339 e. The number of Topliss-reactive ketones (excluding diaryl/α,β-unsaturated/α-hetero) is 1. The van der Waals surface area contributed by atoms with E-state index in [1.54, 1.807) is 37.3 Å². The van der Waals surface area contributed by atoms with Crippen molar-refractivity contribution < 1.29 is 23.9 Å². The van der Waals surface area contributed by atoms with Crippen LogP contribution in [0.1, 0.15) is 37.6 Å². The lowest BCUT2D eigenvalue weighted by atomic mass is 9.69. The molecule has 6 heteroatoms. The van der Waals surface area contributed by atoms with Crippen molar-refractivity contribution in [3.8, 4) is 0 Å². The number of rotatable bonds is 5. The number of fused-ring (bicyclic) bond motifs is 2. The van der Waals surface area contributed by atoms with Gasteiger partial charge >= 0.3 is 5.97 Å². The van der Waals surface area contributed by atoms with E-state index in [4.69, 9.17) is 9.47 Å². The van der Waals surface area contributed by atoms with E-state index in [1.165, 1.54) is 13.0 Å². The number of carbonyl (C=O) groups excluding carboxylic acids is 3. The van der Waals surface area contributed by atoms with E-state index in [0.717, 1.165) is 0 Å². The normalized spacial score (nSPS) is 30.4. The minimum Gasteiger partial charge on any atom is -0.452 e. The Balaban J connectivity index is 2.05. The number of ether oxygens (including phenoxy) is 2. The second kappa shape index (κ2) is 6.11. The fourth-order valence-corrected chi connectivity index (χ4v) is 3.56. The Morgan fingerprint density at radius 2 is 2.00 bits per heavy atom. The lowest BCUT2D eigenvalue weighted by Gasteiger charge is -2.52. The molecular formula is C19H21NO5. The Hall–Kier alpha value is -2.47. The SMILES string of the molecule is CCO[C@H]1C[C@]2(C)OC(=O)[C@@]1(NC(=O)c1ccccc1)C=C2C(C)=O. The van der Waals surface area contributed by atoms with Crippen molar-refractivity contribution >= 4 is 17.7 Å². The van der Waals surface area contributed by atoms with Crippen molar-refractivity contribution in [2.75, 3.05) is 6.61 Å². The van der Waals surface area contributed by atoms with Crippen molar-refractivity contribution in [3.05, 3.63) is 47.5 Å². The summed E-state index contributed by atoms with van der Waals surface area (Å²) in [6.45, 7) is 5.32. The van der Waals surface area contributed by atoms with Gasteiger partial charge in [-0.15, -0.1) is 0 Å². The Bertz CT molecular complexity index is 756. The number of benzene rings is 1. The predicted octanol–water partition coefficient (Wildman–Crippen LogP) is 1.79. The molecule has 2 heterocycles. The van der Waals surface area contributed by atoms with Gasteiger partial charge in [-0.2, -0.15) is 0 Å². The lowest BCUT2D eigenvalue weighted by molar-refractivity contribution is -0.190. The number of hydrogen-bond acceptors (Lipinski definition) is 5. The molecule has 0 aromatic heterocycles. The molecule has 0 saturated carbocycles. The van der Waals surface area contributed by atoms with E-state index in [1.807, 2.05) is 6.92 Å². The first-order valence-corrected chi connectivity index (χ1v) is 8.29. The molecule has 1 aromatic carbocycles. The Morgan fingerprint density at radius 3 is 2.60 bits per heavy atom. The summed E-state index contributed by atoms with van der Waals surface area (Å²) in [6, 6.07) is 8.57. The molecule has 1 aliphatic carbocycles. The van der Waals surface area contributed by atoms with Crippen molar-refractivity contribution in [1.29, 1.82) is 0 Å². The molecule has 2 bridgehead atoms. The van der Waals surface area contributed by atoms with Gasteiger partial charge < -0.3 is 14.8 Å². The van der Waals surface area contributed by atoms with E-state index in [2.05, 4.69) is 5.32 Å². The zero-order valence-electron chi connectivity index (χ0n) is 14.5. The zero-order valence-corrected chi connectivity index (χ0v) is 14.5. The predicted molar refractivity (Wildman–Crippen MR) is 89.9 cm³/mol. The molecule has 0 radical (unpaired) electrons. The van der Waals surface area contributed by atoms with Crippen LogP contribution in [-0.2, 0) is 19.1 Å². The molecule has 1 aromatic rings. The molecule has 1 fully saturated rings. The van der Waals surface area contributed by atoms with E-state index in [0.29, 0.717) is 24.2 Å². The second-order valence-electron chi connectivity index (χ2n) is 6.57. The number of carbonyl (C=O) groups is 3. The molecule has 0 spiro atoms. The first-order chi connectivity index (χ1) is 11.8. The van der Waals surface area contributed by atoms with E-state index >= 15 is 0 Å². The largest absolute Gasteiger partial charge is 0.452 e. The Labute approximate surface area is 146 Å². The van der Waals surface area contributed by atoms with Crippen LogP contribution in [0.25, 0.3) is 0 Å². The summed E-state index contributed by atoms with van der Waals surface area (Å²) in [4.78, 5) is 37.4. The molecule has 1 amide bonds. The van der Waals surface area contributed by atoms with E-state index in [-0.39, 0.29) is 5.78 Å². The topological polar surface area (TPSA) is 81.7 Å². The smallest absolute Gasteiger partial charge is 0.339 e. The van der Waals surface area contributed by atoms with Gasteiger partial charge in [0.25, 0.3) is 5.91 Å². The molecule has 3 atom stereocenters. The highest BCUT2D eigenvalue weighted by molar-refractivity contribution is 6.04. The number of ketones is 1. The third-order valence-electron chi connectivity index (χ3n) is 4.78. The van der Waals surface area contributed by atoms with Gasteiger partial charge in [-0.25, -0.2) is 4.79 Å². The summed E-state index contributed by atoms with van der Waals surface area (Å²) in [5.74, 6) is -1.22. The third-order valence-corrected chi connectivity index (χ3v) is 4.78. The highest BCUT2D eigenvalue weighted by atomic mass is 16.6. The summed E-state index contributed by atoms with van der Waals surface area (Å²) in [7, 11) is 0. The Kier molecular flexibility index (Phi) is 4.24. The maximum absolute atomic E-state index is 12.7. The number of esters is 1. The van der Waals surface area contributed by atoms with Crippen LogP contribution in [0, 0.1) is 0 Å². The molecule has 4 rings (SSSR count). The molecule has 1 saturated heterocycles. The average Bonchev–Trinajstić information content (AvgIpc) is 2.56. The third kappa shape index (κ3) is 2.76. The maximum atomic E-state index is 12.7. The summed E-state index contributed by atoms with van der Waals surface area (Å²) in [5, 5.41) is 2.76. The van der Waals surface area contributed by atoms with Crippen molar-refractivity contribution in [1.82, 2.24) is 5.32 Å². The monoisotopic (exact) mass is 343 g/mol. The first kappa shape index (κ1) is 17.4. The van der Waals surface area contributed by atoms with Crippen LogP contribution in [0.2, 0.25) is 0 Å². The summed E-state index contributed by atoms with van der Waals surface area (Å²) in [6.07, 6.45) is 1.23. The van der Waals surface area contributed by atoms with Crippen LogP contribution >= 0.6 is 0 Å². The quantitative estimate of drug-likeness (QED) is 0.825. The summed E-state index contributed by atoms with van der Waals surface area (Å²) >= 11 is 0. The summed E-state index contributed by atoms with van der Waals surface area (Å²) in [5.41, 5.74) is -1.73. The van der Waals surface area contributed by atoms with Crippen LogP contribution in [-0.4, -0.2) is 41.5 Å². The fourth-order valence-electron chi connectivity index (χ4n) is 3.56. The highest BCUT2D eigenvalue weighted by Gasteiger charge is 2.62. The molecule has 6 nitrogen and oxygen atoms in total. The van der Waals surface area contributed by atoms with E-state index < -0.39 is 29.1 Å². The van der Waals surface area contributed by atoms with E-state index in [9.17, 15) is 14.4 Å². The highest BCUT2D eigenvalue weighted by Crippen LogP contribution is 2.45. The molecule has 132 valence electrons. The van der Waals surface area contributed by atoms with Gasteiger partial charge in [-0.1, -0.05) is 18.2 Å². The second-order valence-corrected chi connectivity index (χ2v) is 6.57. The first-order valence-electron chi connectivity index (χ1n) is 8.29. The fraction of sp³-hybridized carbons (Fsp3) is 0.421. The molecule has 25 heavy (non-hydrogen) atoms. The minimum absolute atomic E-state index is 0.191. The number of amides is 1. The van der Waals surface area contributed by atoms with Crippen LogP contribution in [0.15, 0.2) is 42.0 Å². The van der Waals surface area contributed by atoms with Gasteiger partial charge in [-0.3, -0.25) is 9.59 Å². The van der Waals surface area contributed by atoms with Crippen LogP contribution in [0.4, 0.5) is 0 Å². The average molecular weight is 343 g/mol. The van der Waals surface area contributed by atoms with Crippen LogP contribution in [0.3, 0.4) is 0 Å². The van der Waals surface area contributed by atoms with Gasteiger partial charge in [0.15, 0.2) is 11.3 Å². The van der Waals surface area contributed by atoms with Crippen molar-refractivity contribution in [2.45, 2.75) is 44.4 Å². The minimum atomic E-state index is -1.50. The molecule has 3 aliphatic rings. The van der Waals surface area contributed by atoms with Crippen LogP contribution in [0.5, 0.6) is 0 Å². The molecule has 1 N–H and O–H groups in total. The van der Waals surface area contributed by atoms with Gasteiger partial charge in [0.2, 0.25) is 0 Å². The van der Waals surface area contributed by atoms with Crippen molar-refractivity contribution in [2.24, 2.45) is 0 Å². The van der Waals surface area contributed by atoms with Gasteiger partial charge in [0.05, 0.1) is 6.10 Å². The number of hydrogen-bond donors (Lipinski definition) is 1. The van der Waals surface area contributed by atoms with Gasteiger partial charge in [0.1, 0.15) is 5.60 Å². The molecular weight excluding hydrogens is 322 g/mol. The van der Waals surface area contributed by atoms with Crippen molar-refractivity contribution in [3.63, 3.8) is 0 Å². The summed E-state index contributed by atoms with van der Waals surface area (Å²) < 4.78 is 11.3. The molecule has 2 aliphatic heterocycles. The van der Waals surface area contributed by atoms with Crippen LogP contribution < -0.4 is 5.32 Å².